The van der Waals surface area contributed by atoms with Gasteiger partial charge in [-0.25, -0.2) is 4.57 Å². The third-order valence-corrected chi connectivity index (χ3v) is 3.17. The minimum Gasteiger partial charge on any atom is -0.354 e. The maximum absolute atomic E-state index is 11.5. The van der Waals surface area contributed by atoms with E-state index in [1.807, 2.05) is 12.6 Å². The molecule has 0 aromatic rings. The van der Waals surface area contributed by atoms with E-state index in [2.05, 4.69) is 86.1 Å². The molecule has 0 saturated carbocycles. The van der Waals surface area contributed by atoms with Gasteiger partial charge in [0.2, 0.25) is 5.91 Å². The molecule has 134 valence electrons. The van der Waals surface area contributed by atoms with E-state index >= 15 is 0 Å². The quantitative estimate of drug-likeness (QED) is 0.334. The molecular weight excluding hydrogens is 361 g/mol. The fourth-order valence-electron chi connectivity index (χ4n) is 1.15. The van der Waals surface area contributed by atoms with Crippen LogP contribution in [0.2, 0.25) is 0 Å². The summed E-state index contributed by atoms with van der Waals surface area (Å²) in [5, 5.41) is 2.42. The highest BCUT2D eigenvalue weighted by atomic mass is 31.2. The van der Waals surface area contributed by atoms with Crippen LogP contribution in [0, 0.1) is 35.3 Å². The molecule has 0 aliphatic carbocycles. The van der Waals surface area contributed by atoms with Crippen LogP contribution in [0.3, 0.4) is 0 Å². The van der Waals surface area contributed by atoms with Crippen molar-refractivity contribution in [2.75, 3.05) is 13.2 Å². The first-order valence-corrected chi connectivity index (χ1v) is 9.13. The van der Waals surface area contributed by atoms with Crippen LogP contribution in [-0.4, -0.2) is 24.0 Å². The zero-order chi connectivity index (χ0) is 20.4. The van der Waals surface area contributed by atoms with Gasteiger partial charge in [-0.05, 0) is 77.0 Å². The molecule has 5 nitrogen and oxygen atoms in total. The zero-order valence-corrected chi connectivity index (χ0v) is 15.8. The molecule has 0 aliphatic heterocycles. The standard InChI is InChI=1S/C21H16NO4P/c1-4-6-7-8-9-12-15-21(5-2)16-13-10-11-14-19-27(24,25)26-18-17-22-20(3)23/h1,5,17-18H2,2-3H3,(H,22,23)(H,24,25). The minimum atomic E-state index is -4.08. The topological polar surface area (TPSA) is 75.6 Å². The molecule has 0 aromatic heterocycles. The van der Waals surface area contributed by atoms with Gasteiger partial charge >= 0.3 is 7.60 Å². The van der Waals surface area contributed by atoms with Gasteiger partial charge in [-0.3, -0.25) is 9.32 Å². The van der Waals surface area contributed by atoms with Gasteiger partial charge in [0.05, 0.1) is 12.2 Å². The second-order valence-electron chi connectivity index (χ2n) is 4.33. The Bertz CT molecular complexity index is 1070. The molecule has 0 fully saturated rings. The zero-order valence-electron chi connectivity index (χ0n) is 14.9. The Balaban J connectivity index is 5.00. The van der Waals surface area contributed by atoms with Crippen LogP contribution >= 0.6 is 7.60 Å². The molecule has 0 rings (SSSR count). The number of amides is 1. The van der Waals surface area contributed by atoms with Gasteiger partial charge in [-0.15, -0.1) is 0 Å². The normalized spacial score (nSPS) is 9.44. The molecule has 1 amide bonds. The van der Waals surface area contributed by atoms with E-state index in [9.17, 15) is 14.3 Å². The first kappa shape index (κ1) is 23.5. The number of hydrogen-bond acceptors (Lipinski definition) is 3. The Hall–Kier alpha value is -3.50. The summed E-state index contributed by atoms with van der Waals surface area (Å²) < 4.78 is 16.2. The molecule has 1 unspecified atom stereocenters. The molecule has 2 N–H and O–H groups in total. The predicted molar refractivity (Wildman–Crippen MR) is 102 cm³/mol. The summed E-state index contributed by atoms with van der Waals surface area (Å²) >= 11 is 0. The highest BCUT2D eigenvalue weighted by Crippen LogP contribution is 2.39. The third-order valence-electron chi connectivity index (χ3n) is 2.25. The van der Waals surface area contributed by atoms with Crippen LogP contribution in [0.1, 0.15) is 20.3 Å². The highest BCUT2D eigenvalue weighted by Gasteiger charge is 2.14. The van der Waals surface area contributed by atoms with E-state index in [0.29, 0.717) is 12.0 Å². The summed E-state index contributed by atoms with van der Waals surface area (Å²) in [5.41, 5.74) is 20.4. The first-order chi connectivity index (χ1) is 12.9. The lowest BCUT2D eigenvalue weighted by atomic mass is 10.2. The predicted octanol–water partition coefficient (Wildman–Crippen LogP) is 2.34. The number of allylic oxidation sites excluding steroid dienone is 1. The number of hydrogen-bond donors (Lipinski definition) is 2. The fourth-order valence-corrected chi connectivity index (χ4v) is 1.75. The fraction of sp³-hybridized carbons (Fsp3) is 0.238. The van der Waals surface area contributed by atoms with Gasteiger partial charge in [0, 0.05) is 19.1 Å². The minimum absolute atomic E-state index is 0.110. The van der Waals surface area contributed by atoms with Crippen molar-refractivity contribution >= 4 is 13.5 Å². The molecule has 0 radical (unpaired) electrons. The van der Waals surface area contributed by atoms with E-state index < -0.39 is 7.60 Å². The summed E-state index contributed by atoms with van der Waals surface area (Å²) in [6.07, 6.45) is 0.606. The van der Waals surface area contributed by atoms with E-state index in [-0.39, 0.29) is 19.1 Å². The first-order valence-electron chi connectivity index (χ1n) is 7.55. The average Bonchev–Trinajstić information content (AvgIpc) is 2.62. The summed E-state index contributed by atoms with van der Waals surface area (Å²) in [6.45, 7) is 6.50. The third kappa shape index (κ3) is 15.8. The van der Waals surface area contributed by atoms with Crippen molar-refractivity contribution in [1.29, 1.82) is 0 Å². The van der Waals surface area contributed by atoms with Crippen LogP contribution in [0.15, 0.2) is 52.3 Å². The molecule has 6 heteroatoms. The lowest BCUT2D eigenvalue weighted by Crippen LogP contribution is -2.23. The number of nitrogens with one attached hydrogen (secondary N) is 1. The molecular formula is C21H16NO4P. The van der Waals surface area contributed by atoms with Crippen molar-refractivity contribution in [1.82, 2.24) is 5.32 Å². The van der Waals surface area contributed by atoms with Crippen LogP contribution in [0.25, 0.3) is 0 Å². The maximum atomic E-state index is 11.5. The molecule has 0 saturated heterocycles. The molecule has 0 bridgehead atoms. The summed E-state index contributed by atoms with van der Waals surface area (Å²) in [6, 6.07) is 0. The van der Waals surface area contributed by atoms with E-state index in [1.165, 1.54) is 6.92 Å². The second kappa shape index (κ2) is 14.8. The van der Waals surface area contributed by atoms with Crippen LogP contribution in [0.4, 0.5) is 0 Å². The second-order valence-corrected chi connectivity index (χ2v) is 5.85. The van der Waals surface area contributed by atoms with Gasteiger partial charge in [0.25, 0.3) is 0 Å². The largest absolute Gasteiger partial charge is 0.404 e. The Labute approximate surface area is 159 Å². The molecule has 27 heavy (non-hydrogen) atoms. The van der Waals surface area contributed by atoms with Crippen LogP contribution in [0.5, 0.6) is 0 Å². The van der Waals surface area contributed by atoms with Crippen molar-refractivity contribution < 1.29 is 18.8 Å². The Morgan fingerprint density at radius 1 is 1.11 bits per heavy atom. The smallest absolute Gasteiger partial charge is 0.354 e. The van der Waals surface area contributed by atoms with Gasteiger partial charge in [-0.2, -0.15) is 0 Å². The monoisotopic (exact) mass is 377 g/mol. The van der Waals surface area contributed by atoms with Gasteiger partial charge in [0.15, 0.2) is 0 Å². The van der Waals surface area contributed by atoms with Crippen LogP contribution < -0.4 is 5.32 Å². The van der Waals surface area contributed by atoms with Crippen molar-refractivity contribution in [2.45, 2.75) is 20.3 Å². The molecule has 0 spiro atoms. The SMILES string of the molecule is C=C=C=C=C=C=C=C=C(C#CC#CC#CP(=O)(O)OCCNC(C)=O)CC. The molecule has 0 heterocycles. The maximum Gasteiger partial charge on any atom is 0.404 e. The van der Waals surface area contributed by atoms with Crippen LogP contribution in [-0.2, 0) is 13.9 Å². The number of carbonyl (C=O) groups excluding carboxylic acids is 1. The Kier molecular flexibility index (Phi) is 12.9. The highest BCUT2D eigenvalue weighted by molar-refractivity contribution is 7.58. The average molecular weight is 377 g/mol. The Morgan fingerprint density at radius 3 is 2.44 bits per heavy atom. The molecule has 0 aliphatic rings. The van der Waals surface area contributed by atoms with Crippen molar-refractivity contribution in [3.63, 3.8) is 0 Å². The summed E-state index contributed by atoms with van der Waals surface area (Å²) in [7, 11) is -4.08. The Morgan fingerprint density at radius 2 is 1.78 bits per heavy atom. The number of rotatable bonds is 5. The lowest BCUT2D eigenvalue weighted by Gasteiger charge is -2.05. The van der Waals surface area contributed by atoms with E-state index in [0.717, 1.165) is 0 Å². The van der Waals surface area contributed by atoms with Crippen molar-refractivity contribution in [2.24, 2.45) is 0 Å². The van der Waals surface area contributed by atoms with Gasteiger partial charge in [0.1, 0.15) is 0 Å². The molecule has 0 aromatic carbocycles. The lowest BCUT2D eigenvalue weighted by molar-refractivity contribution is -0.119. The van der Waals surface area contributed by atoms with Gasteiger partial charge < -0.3 is 10.2 Å². The summed E-state index contributed by atoms with van der Waals surface area (Å²) in [5.74, 6) is 12.0. The van der Waals surface area contributed by atoms with Gasteiger partial charge in [-0.1, -0.05) is 12.7 Å². The van der Waals surface area contributed by atoms with E-state index in [4.69, 9.17) is 0 Å². The summed E-state index contributed by atoms with van der Waals surface area (Å²) in [4.78, 5) is 20.1. The molecule has 1 atom stereocenters. The van der Waals surface area contributed by atoms with E-state index in [1.54, 1.807) is 0 Å². The van der Waals surface area contributed by atoms with Crippen molar-refractivity contribution in [3.8, 4) is 35.3 Å². The van der Waals surface area contributed by atoms with Crippen molar-refractivity contribution in [3.05, 3.63) is 52.3 Å². The number of carbonyl (C=O) groups is 1.